The molecule has 4 rings (SSSR count). The molecule has 3 aromatic rings. The van der Waals surface area contributed by atoms with Gasteiger partial charge in [0.25, 0.3) is 5.91 Å². The number of carbonyl (C=O) groups is 1. The summed E-state index contributed by atoms with van der Waals surface area (Å²) in [4.78, 5) is 17.5. The number of carbonyl (C=O) groups excluding carboxylic acids is 1. The van der Waals surface area contributed by atoms with Gasteiger partial charge in [-0.2, -0.15) is 10.1 Å². The van der Waals surface area contributed by atoms with Crippen LogP contribution in [0.1, 0.15) is 29.7 Å². The van der Waals surface area contributed by atoms with E-state index in [1.807, 2.05) is 32.0 Å². The topological polar surface area (TPSA) is 71.8 Å². The Balaban J connectivity index is 1.81. The van der Waals surface area contributed by atoms with Crippen molar-refractivity contribution in [1.29, 1.82) is 0 Å². The van der Waals surface area contributed by atoms with Crippen LogP contribution in [0.5, 0.6) is 0 Å². The van der Waals surface area contributed by atoms with Crippen molar-refractivity contribution in [2.45, 2.75) is 26.8 Å². The van der Waals surface area contributed by atoms with Gasteiger partial charge in [-0.05, 0) is 50.6 Å². The van der Waals surface area contributed by atoms with E-state index >= 15 is 0 Å². The Labute approximate surface area is 176 Å². The van der Waals surface area contributed by atoms with Gasteiger partial charge in [0.1, 0.15) is 18.2 Å². The molecule has 1 aliphatic rings. The third-order valence-electron chi connectivity index (χ3n) is 4.92. The minimum atomic E-state index is -0.753. The molecule has 2 heterocycles. The first kappa shape index (κ1) is 19.3. The summed E-state index contributed by atoms with van der Waals surface area (Å²) in [6, 6.07) is 9.69. The number of aromatic nitrogens is 3. The molecule has 6 nitrogen and oxygen atoms in total. The zero-order valence-corrected chi connectivity index (χ0v) is 17.7. The number of rotatable bonds is 3. The Kier molecular flexibility index (Phi) is 4.96. The Bertz CT molecular complexity index is 1150. The quantitative estimate of drug-likeness (QED) is 0.598. The number of nitrogens with zero attached hydrogens (tertiary/aromatic N) is 3. The van der Waals surface area contributed by atoms with Crippen LogP contribution in [0.25, 0.3) is 0 Å². The van der Waals surface area contributed by atoms with Gasteiger partial charge in [0.2, 0.25) is 5.95 Å². The van der Waals surface area contributed by atoms with Crippen LogP contribution in [-0.2, 0) is 4.79 Å². The van der Waals surface area contributed by atoms with Crippen molar-refractivity contribution in [2.75, 3.05) is 10.6 Å². The van der Waals surface area contributed by atoms with Crippen LogP contribution in [0.15, 0.2) is 58.5 Å². The van der Waals surface area contributed by atoms with Gasteiger partial charge in [-0.25, -0.2) is 9.07 Å². The summed E-state index contributed by atoms with van der Waals surface area (Å²) >= 11 is 3.39. The molecule has 1 aromatic heterocycles. The zero-order valence-electron chi connectivity index (χ0n) is 16.1. The average Bonchev–Trinajstić information content (AvgIpc) is 3.13. The van der Waals surface area contributed by atoms with Crippen molar-refractivity contribution in [3.05, 3.63) is 81.0 Å². The predicted octanol–water partition coefficient (Wildman–Crippen LogP) is 4.72. The summed E-state index contributed by atoms with van der Waals surface area (Å²) in [5, 5.41) is 10.3. The third-order valence-corrected chi connectivity index (χ3v) is 5.42. The fourth-order valence-electron chi connectivity index (χ4n) is 3.54. The Morgan fingerprint density at radius 1 is 1.21 bits per heavy atom. The van der Waals surface area contributed by atoms with Crippen molar-refractivity contribution in [2.24, 2.45) is 0 Å². The van der Waals surface area contributed by atoms with Crippen molar-refractivity contribution in [3.63, 3.8) is 0 Å². The van der Waals surface area contributed by atoms with E-state index in [1.54, 1.807) is 19.1 Å². The molecule has 29 heavy (non-hydrogen) atoms. The fourth-order valence-corrected chi connectivity index (χ4v) is 3.92. The molecule has 0 spiro atoms. The normalized spacial score (nSPS) is 15.7. The van der Waals surface area contributed by atoms with Gasteiger partial charge >= 0.3 is 0 Å². The number of hydrogen-bond donors (Lipinski definition) is 2. The summed E-state index contributed by atoms with van der Waals surface area (Å²) in [5.41, 5.74) is 4.07. The highest BCUT2D eigenvalue weighted by molar-refractivity contribution is 9.10. The number of fused-ring (bicyclic) bond motifs is 1. The Hall–Kier alpha value is -3.00. The van der Waals surface area contributed by atoms with Gasteiger partial charge < -0.3 is 10.6 Å². The van der Waals surface area contributed by atoms with E-state index in [-0.39, 0.29) is 5.91 Å². The number of aryl methyl sites for hydroxylation is 2. The Morgan fingerprint density at radius 2 is 2.00 bits per heavy atom. The first-order valence-electron chi connectivity index (χ1n) is 9.06. The standard InChI is InChI=1S/C21H19BrFN5O/c1-11-4-7-17(12(2)8-11)27-20(29)18-13(3)26-21-24-10-25-28(21)19(18)15-9-14(22)5-6-16(15)23/h4-10,19H,1-3H3,(H,27,29)(H,24,25,26). The molecule has 0 saturated heterocycles. The van der Waals surface area contributed by atoms with Crippen LogP contribution < -0.4 is 10.6 Å². The van der Waals surface area contributed by atoms with Crippen LogP contribution in [-0.4, -0.2) is 20.7 Å². The molecule has 0 aliphatic carbocycles. The summed E-state index contributed by atoms with van der Waals surface area (Å²) < 4.78 is 17.0. The van der Waals surface area contributed by atoms with Crippen molar-refractivity contribution >= 4 is 33.5 Å². The smallest absolute Gasteiger partial charge is 0.255 e. The highest BCUT2D eigenvalue weighted by Crippen LogP contribution is 2.37. The molecule has 0 radical (unpaired) electrons. The highest BCUT2D eigenvalue weighted by atomic mass is 79.9. The van der Waals surface area contributed by atoms with E-state index in [9.17, 15) is 9.18 Å². The lowest BCUT2D eigenvalue weighted by Gasteiger charge is -2.29. The van der Waals surface area contributed by atoms with Crippen LogP contribution >= 0.6 is 15.9 Å². The van der Waals surface area contributed by atoms with E-state index in [2.05, 4.69) is 36.6 Å². The Morgan fingerprint density at radius 3 is 2.76 bits per heavy atom. The molecule has 1 atom stereocenters. The minimum Gasteiger partial charge on any atom is -0.328 e. The van der Waals surface area contributed by atoms with Crippen molar-refractivity contribution in [1.82, 2.24) is 14.8 Å². The van der Waals surface area contributed by atoms with Crippen LogP contribution in [0.4, 0.5) is 16.0 Å². The zero-order chi connectivity index (χ0) is 20.7. The lowest BCUT2D eigenvalue weighted by atomic mass is 9.94. The van der Waals surface area contributed by atoms with Gasteiger partial charge in [0, 0.05) is 21.4 Å². The molecule has 148 valence electrons. The number of benzene rings is 2. The largest absolute Gasteiger partial charge is 0.328 e. The van der Waals surface area contributed by atoms with E-state index in [1.165, 1.54) is 17.1 Å². The molecule has 0 bridgehead atoms. The molecule has 1 aliphatic heterocycles. The average molecular weight is 456 g/mol. The van der Waals surface area contributed by atoms with Crippen molar-refractivity contribution < 1.29 is 9.18 Å². The molecule has 1 unspecified atom stereocenters. The number of nitrogens with one attached hydrogen (secondary N) is 2. The maximum Gasteiger partial charge on any atom is 0.255 e. The van der Waals surface area contributed by atoms with E-state index < -0.39 is 11.9 Å². The van der Waals surface area contributed by atoms with Gasteiger partial charge in [-0.15, -0.1) is 0 Å². The summed E-state index contributed by atoms with van der Waals surface area (Å²) in [6.07, 6.45) is 1.38. The number of anilines is 2. The van der Waals surface area contributed by atoms with Gasteiger partial charge in [0.05, 0.1) is 5.57 Å². The lowest BCUT2D eigenvalue weighted by Crippen LogP contribution is -2.32. The molecule has 2 aromatic carbocycles. The molecule has 2 N–H and O–H groups in total. The van der Waals surface area contributed by atoms with E-state index in [4.69, 9.17) is 0 Å². The third kappa shape index (κ3) is 3.55. The second-order valence-corrected chi connectivity index (χ2v) is 7.95. The predicted molar refractivity (Wildman–Crippen MR) is 113 cm³/mol. The van der Waals surface area contributed by atoms with Crippen LogP contribution in [0.3, 0.4) is 0 Å². The lowest BCUT2D eigenvalue weighted by molar-refractivity contribution is -0.113. The molecule has 0 fully saturated rings. The summed E-state index contributed by atoms with van der Waals surface area (Å²) in [7, 11) is 0. The highest BCUT2D eigenvalue weighted by Gasteiger charge is 2.35. The molecule has 8 heteroatoms. The second-order valence-electron chi connectivity index (χ2n) is 7.03. The van der Waals surface area contributed by atoms with E-state index in [0.717, 1.165) is 11.1 Å². The van der Waals surface area contributed by atoms with Crippen molar-refractivity contribution in [3.8, 4) is 0 Å². The summed E-state index contributed by atoms with van der Waals surface area (Å²) in [5.74, 6) is -0.298. The first-order valence-corrected chi connectivity index (χ1v) is 9.85. The first-order chi connectivity index (χ1) is 13.8. The van der Waals surface area contributed by atoms with E-state index in [0.29, 0.717) is 32.9 Å². The fraction of sp³-hybridized carbons (Fsp3) is 0.190. The number of amides is 1. The number of allylic oxidation sites excluding steroid dienone is 1. The monoisotopic (exact) mass is 455 g/mol. The van der Waals surface area contributed by atoms with Crippen LogP contribution in [0, 0.1) is 19.7 Å². The van der Waals surface area contributed by atoms with Gasteiger partial charge in [-0.1, -0.05) is 33.6 Å². The minimum absolute atomic E-state index is 0.326. The molecule has 0 saturated carbocycles. The second kappa shape index (κ2) is 7.44. The molecular formula is C21H19BrFN5O. The maximum absolute atomic E-state index is 14.8. The van der Waals surface area contributed by atoms with Gasteiger partial charge in [0.15, 0.2) is 0 Å². The SMILES string of the molecule is CC1=C(C(=O)Nc2ccc(C)cc2C)C(c2cc(Br)ccc2F)n2ncnc2N1. The molecule has 1 amide bonds. The van der Waals surface area contributed by atoms with Gasteiger partial charge in [-0.3, -0.25) is 4.79 Å². The maximum atomic E-state index is 14.8. The number of hydrogen-bond acceptors (Lipinski definition) is 4. The molecular weight excluding hydrogens is 437 g/mol. The van der Waals surface area contributed by atoms with Crippen LogP contribution in [0.2, 0.25) is 0 Å². The number of halogens is 2. The summed E-state index contributed by atoms with van der Waals surface area (Å²) in [6.45, 7) is 5.70.